The summed E-state index contributed by atoms with van der Waals surface area (Å²) in [6.07, 6.45) is -5.67. The highest BCUT2D eigenvalue weighted by molar-refractivity contribution is 5.98. The third kappa shape index (κ3) is 6.30. The Kier molecular flexibility index (Phi) is 9.00. The zero-order chi connectivity index (χ0) is 32.7. The monoisotopic (exact) mass is 635 g/mol. The van der Waals surface area contributed by atoms with Crippen LogP contribution in [0.5, 0.6) is 5.75 Å². The molecule has 45 heavy (non-hydrogen) atoms. The summed E-state index contributed by atoms with van der Waals surface area (Å²) in [5.74, 6) is -2.45. The van der Waals surface area contributed by atoms with Crippen LogP contribution in [0.25, 0.3) is 0 Å². The summed E-state index contributed by atoms with van der Waals surface area (Å²) in [5, 5.41) is 16.7. The minimum atomic E-state index is -4.78. The lowest BCUT2D eigenvalue weighted by Crippen LogP contribution is -2.60. The third-order valence-corrected chi connectivity index (χ3v) is 8.88. The number of nitrogens with one attached hydrogen (secondary N) is 2. The number of likely N-dealkylation sites (tertiary alicyclic amines) is 1. The number of aliphatic hydroxyl groups excluding tert-OH is 1. The van der Waals surface area contributed by atoms with E-state index in [1.807, 2.05) is 0 Å². The molecule has 3 aliphatic heterocycles. The molecule has 0 saturated carbocycles. The van der Waals surface area contributed by atoms with E-state index in [0.29, 0.717) is 42.2 Å². The van der Waals surface area contributed by atoms with Crippen LogP contribution in [0.3, 0.4) is 0 Å². The summed E-state index contributed by atoms with van der Waals surface area (Å²) in [7, 11) is 1.51. The largest absolute Gasteiger partial charge is 0.493 e. The van der Waals surface area contributed by atoms with Crippen LogP contribution in [0.4, 0.5) is 23.2 Å². The molecule has 3 amide bonds. The van der Waals surface area contributed by atoms with Gasteiger partial charge in [-0.15, -0.1) is 0 Å². The zero-order valence-electron chi connectivity index (χ0n) is 25.2. The van der Waals surface area contributed by atoms with Gasteiger partial charge >= 0.3 is 6.18 Å². The summed E-state index contributed by atoms with van der Waals surface area (Å²) in [6.45, 7) is 5.92. The van der Waals surface area contributed by atoms with Gasteiger partial charge in [0.05, 0.1) is 17.7 Å². The number of carbonyl (C=O) groups is 3. The zero-order valence-corrected chi connectivity index (χ0v) is 25.2. The van der Waals surface area contributed by atoms with Crippen LogP contribution in [0.2, 0.25) is 0 Å². The maximum absolute atomic E-state index is 14.4. The molecular formula is C31H37F4N5O5. The number of likely N-dealkylation sites (N-methyl/N-ethyl adjacent to an activating group) is 1. The fourth-order valence-electron chi connectivity index (χ4n) is 6.05. The van der Waals surface area contributed by atoms with Crippen LogP contribution in [-0.2, 0) is 15.8 Å². The number of benzene rings is 2. The van der Waals surface area contributed by atoms with E-state index in [-0.39, 0.29) is 31.8 Å². The number of hydrogen-bond acceptors (Lipinski definition) is 7. The van der Waals surface area contributed by atoms with Gasteiger partial charge < -0.3 is 35.2 Å². The molecule has 0 aliphatic carbocycles. The number of nitrogens with zero attached hydrogens (tertiary/aromatic N) is 3. The Hall–Kier alpha value is -3.91. The Morgan fingerprint density at radius 2 is 1.76 bits per heavy atom. The van der Waals surface area contributed by atoms with Crippen molar-refractivity contribution in [3.8, 4) is 5.75 Å². The lowest BCUT2D eigenvalue weighted by atomic mass is 9.85. The van der Waals surface area contributed by atoms with Gasteiger partial charge in [0.2, 0.25) is 12.3 Å². The predicted molar refractivity (Wildman–Crippen MR) is 156 cm³/mol. The molecule has 14 heteroatoms. The van der Waals surface area contributed by atoms with Gasteiger partial charge in [0.25, 0.3) is 11.8 Å². The maximum Gasteiger partial charge on any atom is 0.416 e. The minimum Gasteiger partial charge on any atom is -0.493 e. The Labute approximate surface area is 258 Å². The van der Waals surface area contributed by atoms with E-state index in [4.69, 9.17) is 4.74 Å². The number of halogens is 4. The summed E-state index contributed by atoms with van der Waals surface area (Å²) in [6, 6.07) is 7.49. The van der Waals surface area contributed by atoms with Gasteiger partial charge in [0, 0.05) is 44.8 Å². The number of alkyl halides is 3. The average molecular weight is 636 g/mol. The van der Waals surface area contributed by atoms with Gasteiger partial charge in [0.15, 0.2) is 0 Å². The molecule has 10 nitrogen and oxygen atoms in total. The van der Waals surface area contributed by atoms with Gasteiger partial charge in [-0.05, 0) is 61.2 Å². The molecule has 0 radical (unpaired) electrons. The fraction of sp³-hybridized carbons (Fsp3) is 0.516. The second-order valence-electron chi connectivity index (χ2n) is 12.2. The van der Waals surface area contributed by atoms with Crippen molar-refractivity contribution >= 4 is 23.4 Å². The normalized spacial score (nSPS) is 20.9. The SMILES string of the molecule is CC(C)C(NC(=O)c1cc(C(F)(F)F)ccc1F)C(=O)N1CCC2(CC1)C(=O)N(C)C(O)N2c1ccc(OCC2CNC2)cc1. The van der Waals surface area contributed by atoms with Crippen molar-refractivity contribution in [2.45, 2.75) is 50.8 Å². The van der Waals surface area contributed by atoms with Crippen molar-refractivity contribution in [2.75, 3.05) is 44.7 Å². The molecule has 0 aromatic heterocycles. The summed E-state index contributed by atoms with van der Waals surface area (Å²) in [5.41, 5.74) is -2.54. The molecule has 5 rings (SSSR count). The number of rotatable bonds is 8. The van der Waals surface area contributed by atoms with E-state index < -0.39 is 58.8 Å². The Balaban J connectivity index is 1.29. The smallest absolute Gasteiger partial charge is 0.416 e. The van der Waals surface area contributed by atoms with Crippen molar-refractivity contribution < 1.29 is 41.8 Å². The summed E-state index contributed by atoms with van der Waals surface area (Å²) in [4.78, 5) is 44.4. The molecule has 2 atom stereocenters. The first-order valence-corrected chi connectivity index (χ1v) is 14.9. The summed E-state index contributed by atoms with van der Waals surface area (Å²) >= 11 is 0. The number of hydrogen-bond donors (Lipinski definition) is 3. The van der Waals surface area contributed by atoms with E-state index in [2.05, 4.69) is 10.6 Å². The number of piperidine rings is 1. The van der Waals surface area contributed by atoms with Crippen molar-refractivity contribution in [3.05, 3.63) is 59.4 Å². The number of anilines is 1. The van der Waals surface area contributed by atoms with Crippen LogP contribution >= 0.6 is 0 Å². The molecule has 2 unspecified atom stereocenters. The van der Waals surface area contributed by atoms with E-state index in [1.54, 1.807) is 43.0 Å². The van der Waals surface area contributed by atoms with Gasteiger partial charge in [-0.25, -0.2) is 4.39 Å². The highest BCUT2D eigenvalue weighted by atomic mass is 19.4. The Morgan fingerprint density at radius 3 is 2.31 bits per heavy atom. The molecule has 3 aliphatic rings. The quantitative estimate of drug-likeness (QED) is 0.383. The van der Waals surface area contributed by atoms with Crippen LogP contribution in [-0.4, -0.2) is 90.4 Å². The second-order valence-corrected chi connectivity index (χ2v) is 12.2. The number of amides is 3. The average Bonchev–Trinajstić information content (AvgIpc) is 3.15. The number of aliphatic hydroxyl groups is 1. The maximum atomic E-state index is 14.4. The molecule has 3 saturated heterocycles. The van der Waals surface area contributed by atoms with Crippen molar-refractivity contribution in [1.82, 2.24) is 20.4 Å². The lowest BCUT2D eigenvalue weighted by molar-refractivity contribution is -0.140. The van der Waals surface area contributed by atoms with Gasteiger partial charge in [-0.1, -0.05) is 13.8 Å². The van der Waals surface area contributed by atoms with Crippen LogP contribution in [0, 0.1) is 17.7 Å². The van der Waals surface area contributed by atoms with E-state index in [0.717, 1.165) is 13.1 Å². The molecule has 1 spiro atoms. The number of ether oxygens (including phenoxy) is 1. The Morgan fingerprint density at radius 1 is 1.11 bits per heavy atom. The highest BCUT2D eigenvalue weighted by Gasteiger charge is 2.57. The molecule has 244 valence electrons. The van der Waals surface area contributed by atoms with Crippen molar-refractivity contribution in [1.29, 1.82) is 0 Å². The molecule has 0 bridgehead atoms. The molecule has 2 aromatic rings. The molecule has 3 heterocycles. The first-order chi connectivity index (χ1) is 21.2. The molecule has 2 aromatic carbocycles. The van der Waals surface area contributed by atoms with Crippen LogP contribution < -0.4 is 20.3 Å². The van der Waals surface area contributed by atoms with Crippen LogP contribution in [0.15, 0.2) is 42.5 Å². The first kappa shape index (κ1) is 32.5. The highest BCUT2D eigenvalue weighted by Crippen LogP contribution is 2.42. The predicted octanol–water partition coefficient (Wildman–Crippen LogP) is 2.81. The van der Waals surface area contributed by atoms with Gasteiger partial charge in [0.1, 0.15) is 23.1 Å². The number of carbonyl (C=O) groups excluding carboxylic acids is 3. The van der Waals surface area contributed by atoms with E-state index >= 15 is 0 Å². The Bertz CT molecular complexity index is 1420. The first-order valence-electron chi connectivity index (χ1n) is 14.9. The second kappa shape index (κ2) is 12.5. The van der Waals surface area contributed by atoms with Crippen LogP contribution in [0.1, 0.15) is 42.6 Å². The molecule has 3 fully saturated rings. The van der Waals surface area contributed by atoms with Gasteiger partial charge in [-0.3, -0.25) is 14.4 Å². The molecule has 3 N–H and O–H groups in total. The minimum absolute atomic E-state index is 0.106. The van der Waals surface area contributed by atoms with E-state index in [9.17, 15) is 37.1 Å². The van der Waals surface area contributed by atoms with Crippen molar-refractivity contribution in [2.24, 2.45) is 11.8 Å². The molecular weight excluding hydrogens is 598 g/mol. The summed E-state index contributed by atoms with van der Waals surface area (Å²) < 4.78 is 59.8. The lowest BCUT2D eigenvalue weighted by Gasteiger charge is -2.44. The van der Waals surface area contributed by atoms with Crippen molar-refractivity contribution in [3.63, 3.8) is 0 Å². The van der Waals surface area contributed by atoms with Gasteiger partial charge in [-0.2, -0.15) is 13.2 Å². The van der Waals surface area contributed by atoms with E-state index in [1.165, 1.54) is 16.8 Å². The standard InChI is InChI=1S/C31H37F4N5O5/c1-18(2)25(37-26(41)23-14-20(31(33,34)35)4-9-24(23)32)27(42)39-12-10-30(11-13-39)28(43)38(3)29(44)40(30)21-5-7-22(8-6-21)45-17-19-15-36-16-19/h4-9,14,18-19,25,29,36,44H,10-13,15-17H2,1-3H3,(H,37,41). The topological polar surface area (TPSA) is 114 Å². The fourth-order valence-corrected chi connectivity index (χ4v) is 6.05. The third-order valence-electron chi connectivity index (χ3n) is 8.88.